The van der Waals surface area contributed by atoms with Crippen molar-refractivity contribution < 1.29 is 4.74 Å². The van der Waals surface area contributed by atoms with Gasteiger partial charge in [-0.15, -0.1) is 11.3 Å². The van der Waals surface area contributed by atoms with Crippen LogP contribution < -0.4 is 10.2 Å². The average Bonchev–Trinajstić information content (AvgIpc) is 2.83. The van der Waals surface area contributed by atoms with E-state index in [4.69, 9.17) is 4.74 Å². The predicted octanol–water partition coefficient (Wildman–Crippen LogP) is 2.60. The summed E-state index contributed by atoms with van der Waals surface area (Å²) >= 11 is 1.50. The first-order chi connectivity index (χ1) is 7.90. The van der Waals surface area contributed by atoms with Crippen molar-refractivity contribution in [2.75, 3.05) is 12.5 Å². The normalized spacial score (nSPS) is 10.6. The van der Waals surface area contributed by atoms with Crippen LogP contribution in [0.15, 0.2) is 40.9 Å². The number of thiazole rings is 1. The molecule has 0 saturated heterocycles. The van der Waals surface area contributed by atoms with E-state index in [0.717, 1.165) is 16.4 Å². The second kappa shape index (κ2) is 5.27. The Morgan fingerprint density at radius 2 is 2.31 bits per heavy atom. The molecule has 2 aromatic rings. The lowest BCUT2D eigenvalue weighted by atomic mass is 10.2. The Morgan fingerprint density at radius 1 is 1.44 bits per heavy atom. The summed E-state index contributed by atoms with van der Waals surface area (Å²) in [6.45, 7) is 0. The standard InChI is InChI=1S/C11H11N3OS/c1-15-10-5-3-2-4-9(10)8-13-14-11-12-6-7-16-11/h2-8H,1H3,(H,12,14)/b13-8+. The van der Waals surface area contributed by atoms with E-state index in [0.29, 0.717) is 0 Å². The summed E-state index contributed by atoms with van der Waals surface area (Å²) in [4.78, 5) is 4.05. The third kappa shape index (κ3) is 2.58. The highest BCUT2D eigenvalue weighted by Crippen LogP contribution is 2.15. The van der Waals surface area contributed by atoms with Crippen molar-refractivity contribution in [3.05, 3.63) is 41.4 Å². The summed E-state index contributed by atoms with van der Waals surface area (Å²) in [7, 11) is 1.64. The maximum atomic E-state index is 5.20. The highest BCUT2D eigenvalue weighted by atomic mass is 32.1. The SMILES string of the molecule is COc1ccccc1/C=N/Nc1nccs1. The van der Waals surface area contributed by atoms with Crippen LogP contribution in [0.25, 0.3) is 0 Å². The van der Waals surface area contributed by atoms with Gasteiger partial charge >= 0.3 is 0 Å². The van der Waals surface area contributed by atoms with E-state index in [2.05, 4.69) is 15.5 Å². The average molecular weight is 233 g/mol. The quantitative estimate of drug-likeness (QED) is 0.652. The second-order valence-electron chi connectivity index (χ2n) is 2.95. The van der Waals surface area contributed by atoms with Crippen LogP contribution in [0, 0.1) is 0 Å². The first-order valence-corrected chi connectivity index (χ1v) is 5.59. The third-order valence-corrected chi connectivity index (χ3v) is 2.61. The number of nitrogens with zero attached hydrogens (tertiary/aromatic N) is 2. The molecule has 1 aromatic heterocycles. The van der Waals surface area contributed by atoms with E-state index >= 15 is 0 Å². The molecule has 0 fully saturated rings. The molecule has 0 spiro atoms. The lowest BCUT2D eigenvalue weighted by molar-refractivity contribution is 0.414. The van der Waals surface area contributed by atoms with Crippen molar-refractivity contribution >= 4 is 22.7 Å². The molecule has 0 aliphatic rings. The zero-order valence-electron chi connectivity index (χ0n) is 8.75. The molecule has 0 bridgehead atoms. The van der Waals surface area contributed by atoms with Gasteiger partial charge in [-0.3, -0.25) is 5.43 Å². The van der Waals surface area contributed by atoms with E-state index < -0.39 is 0 Å². The van der Waals surface area contributed by atoms with Crippen molar-refractivity contribution in [1.29, 1.82) is 0 Å². The molecule has 2 rings (SSSR count). The lowest BCUT2D eigenvalue weighted by Crippen LogP contribution is -1.93. The molecule has 0 unspecified atom stereocenters. The number of nitrogens with one attached hydrogen (secondary N) is 1. The number of methoxy groups -OCH3 is 1. The molecule has 82 valence electrons. The van der Waals surface area contributed by atoms with E-state index in [1.54, 1.807) is 19.5 Å². The minimum Gasteiger partial charge on any atom is -0.496 e. The van der Waals surface area contributed by atoms with Gasteiger partial charge in [0, 0.05) is 17.1 Å². The number of hydrazone groups is 1. The maximum Gasteiger partial charge on any atom is 0.203 e. The fourth-order valence-electron chi connectivity index (χ4n) is 1.21. The van der Waals surface area contributed by atoms with Gasteiger partial charge in [0.25, 0.3) is 0 Å². The highest BCUT2D eigenvalue weighted by molar-refractivity contribution is 7.13. The molecule has 0 radical (unpaired) electrons. The van der Waals surface area contributed by atoms with Crippen molar-refractivity contribution in [2.24, 2.45) is 5.10 Å². The van der Waals surface area contributed by atoms with Gasteiger partial charge < -0.3 is 4.74 Å². The molecule has 1 N–H and O–H groups in total. The van der Waals surface area contributed by atoms with E-state index in [9.17, 15) is 0 Å². The monoisotopic (exact) mass is 233 g/mol. The predicted molar refractivity (Wildman–Crippen MR) is 66.3 cm³/mol. The van der Waals surface area contributed by atoms with Crippen LogP contribution in [0.1, 0.15) is 5.56 Å². The van der Waals surface area contributed by atoms with Gasteiger partial charge in [0.15, 0.2) is 0 Å². The molecule has 0 aliphatic carbocycles. The Bertz CT molecular complexity index is 468. The van der Waals surface area contributed by atoms with Crippen LogP contribution in [-0.4, -0.2) is 18.3 Å². The largest absolute Gasteiger partial charge is 0.496 e. The molecular formula is C11H11N3OS. The number of aromatic nitrogens is 1. The summed E-state index contributed by atoms with van der Waals surface area (Å²) in [5, 5.41) is 6.75. The van der Waals surface area contributed by atoms with Gasteiger partial charge in [-0.25, -0.2) is 4.98 Å². The van der Waals surface area contributed by atoms with Crippen LogP contribution >= 0.6 is 11.3 Å². The summed E-state index contributed by atoms with van der Waals surface area (Å²) in [5.41, 5.74) is 3.77. The number of benzene rings is 1. The molecule has 0 atom stereocenters. The van der Waals surface area contributed by atoms with Gasteiger partial charge in [0.1, 0.15) is 5.75 Å². The number of anilines is 1. The third-order valence-electron chi connectivity index (χ3n) is 1.94. The maximum absolute atomic E-state index is 5.20. The molecular weight excluding hydrogens is 222 g/mol. The van der Waals surface area contributed by atoms with Crippen LogP contribution in [0.5, 0.6) is 5.75 Å². The van der Waals surface area contributed by atoms with Crippen molar-refractivity contribution in [3.63, 3.8) is 0 Å². The van der Waals surface area contributed by atoms with E-state index in [1.165, 1.54) is 11.3 Å². The van der Waals surface area contributed by atoms with Crippen LogP contribution in [0.3, 0.4) is 0 Å². The minimum absolute atomic E-state index is 0.770. The van der Waals surface area contributed by atoms with Gasteiger partial charge in [-0.2, -0.15) is 5.10 Å². The zero-order valence-corrected chi connectivity index (χ0v) is 9.57. The molecule has 0 aliphatic heterocycles. The number of hydrogen-bond donors (Lipinski definition) is 1. The number of ether oxygens (including phenoxy) is 1. The topological polar surface area (TPSA) is 46.5 Å². The molecule has 16 heavy (non-hydrogen) atoms. The molecule has 1 aromatic carbocycles. The smallest absolute Gasteiger partial charge is 0.203 e. The van der Waals surface area contributed by atoms with Crippen molar-refractivity contribution in [1.82, 2.24) is 4.98 Å². The van der Waals surface area contributed by atoms with Gasteiger partial charge in [-0.05, 0) is 12.1 Å². The number of para-hydroxylation sites is 1. The van der Waals surface area contributed by atoms with Crippen LogP contribution in [0.2, 0.25) is 0 Å². The van der Waals surface area contributed by atoms with Crippen molar-refractivity contribution in [2.45, 2.75) is 0 Å². The first kappa shape index (κ1) is 10.6. The van der Waals surface area contributed by atoms with Crippen LogP contribution in [0.4, 0.5) is 5.13 Å². The fraction of sp³-hybridized carbons (Fsp3) is 0.0909. The minimum atomic E-state index is 0.770. The second-order valence-corrected chi connectivity index (χ2v) is 3.84. The Balaban J connectivity index is 2.05. The Morgan fingerprint density at radius 3 is 3.06 bits per heavy atom. The summed E-state index contributed by atoms with van der Waals surface area (Å²) in [6.07, 6.45) is 3.44. The zero-order chi connectivity index (χ0) is 11.2. The van der Waals surface area contributed by atoms with Crippen LogP contribution in [-0.2, 0) is 0 Å². The van der Waals surface area contributed by atoms with Gasteiger partial charge in [0.05, 0.1) is 13.3 Å². The first-order valence-electron chi connectivity index (χ1n) is 4.72. The Hall–Kier alpha value is -1.88. The summed E-state index contributed by atoms with van der Waals surface area (Å²) in [6, 6.07) is 7.69. The fourth-order valence-corrected chi connectivity index (χ4v) is 1.69. The number of hydrogen-bond acceptors (Lipinski definition) is 5. The summed E-state index contributed by atoms with van der Waals surface area (Å²) < 4.78 is 5.20. The highest BCUT2D eigenvalue weighted by Gasteiger charge is 1.97. The number of rotatable bonds is 4. The molecule has 5 heteroatoms. The molecule has 1 heterocycles. The Kier molecular flexibility index (Phi) is 3.50. The Labute approximate surface area is 97.6 Å². The van der Waals surface area contributed by atoms with Crippen molar-refractivity contribution in [3.8, 4) is 5.75 Å². The lowest BCUT2D eigenvalue weighted by Gasteiger charge is -2.02. The molecule has 0 amide bonds. The van der Waals surface area contributed by atoms with E-state index in [-0.39, 0.29) is 0 Å². The van der Waals surface area contributed by atoms with E-state index in [1.807, 2.05) is 29.6 Å². The van der Waals surface area contributed by atoms with Gasteiger partial charge in [0.2, 0.25) is 5.13 Å². The molecule has 0 saturated carbocycles. The molecule has 4 nitrogen and oxygen atoms in total. The van der Waals surface area contributed by atoms with Gasteiger partial charge in [-0.1, -0.05) is 12.1 Å². The summed E-state index contributed by atoms with van der Waals surface area (Å²) in [5.74, 6) is 0.798.